The fraction of sp³-hybridized carbons (Fsp3) is 0.500. The van der Waals surface area contributed by atoms with Gasteiger partial charge in [-0.25, -0.2) is 4.39 Å². The average Bonchev–Trinajstić information content (AvgIpc) is 2.95. The van der Waals surface area contributed by atoms with E-state index in [0.717, 1.165) is 19.4 Å². The average molecular weight is 282 g/mol. The monoisotopic (exact) mass is 282 g/mol. The van der Waals surface area contributed by atoms with E-state index in [-0.39, 0.29) is 24.3 Å². The summed E-state index contributed by atoms with van der Waals surface area (Å²) in [4.78, 5) is 11.9. The van der Waals surface area contributed by atoms with Crippen molar-refractivity contribution in [2.75, 3.05) is 32.2 Å². The van der Waals surface area contributed by atoms with Crippen molar-refractivity contribution in [1.82, 2.24) is 5.32 Å². The zero-order chi connectivity index (χ0) is 14.4. The topological polar surface area (TPSA) is 59.6 Å². The zero-order valence-corrected chi connectivity index (χ0v) is 11.4. The lowest BCUT2D eigenvalue weighted by Gasteiger charge is -2.12. The van der Waals surface area contributed by atoms with Gasteiger partial charge in [0, 0.05) is 18.9 Å². The normalized spacial score (nSPS) is 18.0. The minimum atomic E-state index is -0.502. The Morgan fingerprint density at radius 2 is 2.35 bits per heavy atom. The highest BCUT2D eigenvalue weighted by Crippen LogP contribution is 2.21. The highest BCUT2D eigenvalue weighted by atomic mass is 19.1. The Kier molecular flexibility index (Phi) is 5.31. The third kappa shape index (κ3) is 3.91. The van der Waals surface area contributed by atoms with Gasteiger partial charge >= 0.3 is 0 Å². The second-order valence-electron chi connectivity index (χ2n) is 4.62. The van der Waals surface area contributed by atoms with Crippen molar-refractivity contribution in [3.05, 3.63) is 24.0 Å². The number of hydrogen-bond donors (Lipinski definition) is 2. The van der Waals surface area contributed by atoms with Gasteiger partial charge in [-0.15, -0.1) is 0 Å². The van der Waals surface area contributed by atoms with Crippen LogP contribution in [0.3, 0.4) is 0 Å². The van der Waals surface area contributed by atoms with E-state index in [4.69, 9.17) is 9.47 Å². The number of anilines is 1. The molecule has 0 saturated carbocycles. The van der Waals surface area contributed by atoms with Crippen LogP contribution in [0.15, 0.2) is 18.2 Å². The molecule has 1 amide bonds. The smallest absolute Gasteiger partial charge is 0.241 e. The molecule has 0 spiro atoms. The van der Waals surface area contributed by atoms with Gasteiger partial charge in [-0.2, -0.15) is 0 Å². The van der Waals surface area contributed by atoms with Crippen LogP contribution in [-0.4, -0.2) is 38.8 Å². The van der Waals surface area contributed by atoms with Crippen molar-refractivity contribution >= 4 is 11.6 Å². The molecule has 20 heavy (non-hydrogen) atoms. The third-order valence-electron chi connectivity index (χ3n) is 3.12. The van der Waals surface area contributed by atoms with E-state index in [0.29, 0.717) is 12.3 Å². The highest BCUT2D eigenvalue weighted by Gasteiger charge is 2.22. The van der Waals surface area contributed by atoms with Gasteiger partial charge in [-0.05, 0) is 31.5 Å². The molecule has 1 saturated heterocycles. The Hall–Kier alpha value is -1.66. The van der Waals surface area contributed by atoms with E-state index < -0.39 is 5.82 Å². The molecule has 1 aliphatic rings. The largest absolute Gasteiger partial charge is 0.488 e. The predicted octanol–water partition coefficient (Wildman–Crippen LogP) is 1.54. The summed E-state index contributed by atoms with van der Waals surface area (Å²) in [5, 5.41) is 5.79. The van der Waals surface area contributed by atoms with Gasteiger partial charge in [0.05, 0.1) is 12.6 Å². The Morgan fingerprint density at radius 3 is 3.00 bits per heavy atom. The first-order valence-corrected chi connectivity index (χ1v) is 6.66. The first-order valence-electron chi connectivity index (χ1n) is 6.66. The van der Waals surface area contributed by atoms with Crippen molar-refractivity contribution in [2.24, 2.45) is 0 Å². The predicted molar refractivity (Wildman–Crippen MR) is 73.4 cm³/mol. The van der Waals surface area contributed by atoms with Crippen LogP contribution in [-0.2, 0) is 9.53 Å². The molecule has 110 valence electrons. The molecule has 2 N–H and O–H groups in total. The highest BCUT2D eigenvalue weighted by molar-refractivity contribution is 5.95. The summed E-state index contributed by atoms with van der Waals surface area (Å²) in [5.41, 5.74) is 0.431. The third-order valence-corrected chi connectivity index (χ3v) is 3.12. The number of carbonyl (C=O) groups excluding carboxylic acids is 1. The Morgan fingerprint density at radius 1 is 1.50 bits per heavy atom. The first-order chi connectivity index (χ1) is 9.70. The van der Waals surface area contributed by atoms with Crippen molar-refractivity contribution in [2.45, 2.75) is 18.9 Å². The minimum absolute atomic E-state index is 0.130. The van der Waals surface area contributed by atoms with Crippen molar-refractivity contribution < 1.29 is 18.7 Å². The van der Waals surface area contributed by atoms with Crippen LogP contribution in [0.1, 0.15) is 12.8 Å². The number of carbonyl (C=O) groups is 1. The second-order valence-corrected chi connectivity index (χ2v) is 4.62. The zero-order valence-electron chi connectivity index (χ0n) is 11.4. The molecule has 0 radical (unpaired) electrons. The number of halogens is 1. The maximum Gasteiger partial charge on any atom is 0.241 e. The molecular formula is C14H19FN2O3. The molecule has 1 atom stereocenters. The number of nitrogens with one attached hydrogen (secondary N) is 2. The maximum absolute atomic E-state index is 13.8. The van der Waals surface area contributed by atoms with Crippen molar-refractivity contribution in [3.63, 3.8) is 0 Å². The van der Waals surface area contributed by atoms with Crippen molar-refractivity contribution in [1.29, 1.82) is 0 Å². The summed E-state index contributed by atoms with van der Waals surface area (Å²) in [6.45, 7) is 1.52. The van der Waals surface area contributed by atoms with E-state index in [1.165, 1.54) is 12.1 Å². The lowest BCUT2D eigenvalue weighted by atomic mass is 10.2. The molecule has 5 nitrogen and oxygen atoms in total. The molecule has 2 rings (SSSR count). The molecule has 1 aliphatic heterocycles. The number of methoxy groups -OCH3 is 1. The number of amides is 1. The molecule has 6 heteroatoms. The number of hydrogen-bond acceptors (Lipinski definition) is 4. The van der Waals surface area contributed by atoms with Gasteiger partial charge in [0.1, 0.15) is 6.61 Å². The molecule has 1 heterocycles. The molecule has 0 aromatic heterocycles. The Bertz CT molecular complexity index is 462. The lowest BCUT2D eigenvalue weighted by molar-refractivity contribution is -0.117. The minimum Gasteiger partial charge on any atom is -0.488 e. The maximum atomic E-state index is 13.8. The molecular weight excluding hydrogens is 263 g/mol. The van der Waals surface area contributed by atoms with E-state index in [1.807, 2.05) is 0 Å². The fourth-order valence-electron chi connectivity index (χ4n) is 2.07. The van der Waals surface area contributed by atoms with Crippen LogP contribution in [0, 0.1) is 5.82 Å². The SMILES string of the molecule is COCCOc1ccc(NC(=O)C2CCCN2)cc1F. The quantitative estimate of drug-likeness (QED) is 0.777. The number of ether oxygens (including phenoxy) is 2. The second kappa shape index (κ2) is 7.21. The van der Waals surface area contributed by atoms with Crippen LogP contribution in [0.5, 0.6) is 5.75 Å². The Balaban J connectivity index is 1.92. The van der Waals surface area contributed by atoms with Crippen LogP contribution in [0.4, 0.5) is 10.1 Å². The van der Waals surface area contributed by atoms with Gasteiger partial charge in [-0.3, -0.25) is 4.79 Å². The molecule has 1 aromatic rings. The van der Waals surface area contributed by atoms with Crippen LogP contribution >= 0.6 is 0 Å². The number of benzene rings is 1. The van der Waals surface area contributed by atoms with Gasteiger partial charge in [-0.1, -0.05) is 0 Å². The van der Waals surface area contributed by atoms with Crippen LogP contribution in [0.2, 0.25) is 0 Å². The standard InChI is InChI=1S/C14H19FN2O3/c1-19-7-8-20-13-5-4-10(9-11(13)15)17-14(18)12-3-2-6-16-12/h4-5,9,12,16H,2-3,6-8H2,1H3,(H,17,18). The van der Waals surface area contributed by atoms with Crippen LogP contribution in [0.25, 0.3) is 0 Å². The van der Waals surface area contributed by atoms with Crippen LogP contribution < -0.4 is 15.4 Å². The van der Waals surface area contributed by atoms with E-state index >= 15 is 0 Å². The summed E-state index contributed by atoms with van der Waals surface area (Å²) in [5.74, 6) is -0.479. The number of rotatable bonds is 6. The molecule has 1 fully saturated rings. The summed E-state index contributed by atoms with van der Waals surface area (Å²) >= 11 is 0. The molecule has 1 unspecified atom stereocenters. The van der Waals surface area contributed by atoms with Gasteiger partial charge in [0.2, 0.25) is 5.91 Å². The van der Waals surface area contributed by atoms with Gasteiger partial charge in [0.25, 0.3) is 0 Å². The van der Waals surface area contributed by atoms with Gasteiger partial charge < -0.3 is 20.1 Å². The summed E-state index contributed by atoms with van der Waals surface area (Å²) < 4.78 is 23.8. The molecule has 1 aromatic carbocycles. The Labute approximate surface area is 117 Å². The van der Waals surface area contributed by atoms with E-state index in [1.54, 1.807) is 13.2 Å². The summed E-state index contributed by atoms with van der Waals surface area (Å²) in [7, 11) is 1.55. The van der Waals surface area contributed by atoms with Crippen molar-refractivity contribution in [3.8, 4) is 5.75 Å². The summed E-state index contributed by atoms with van der Waals surface area (Å²) in [6.07, 6.45) is 1.80. The summed E-state index contributed by atoms with van der Waals surface area (Å²) in [6, 6.07) is 4.20. The van der Waals surface area contributed by atoms with E-state index in [2.05, 4.69) is 10.6 Å². The lowest BCUT2D eigenvalue weighted by Crippen LogP contribution is -2.35. The molecule has 0 bridgehead atoms. The van der Waals surface area contributed by atoms with E-state index in [9.17, 15) is 9.18 Å². The molecule has 0 aliphatic carbocycles. The fourth-order valence-corrected chi connectivity index (χ4v) is 2.07. The first kappa shape index (κ1) is 14.7. The van der Waals surface area contributed by atoms with Gasteiger partial charge in [0.15, 0.2) is 11.6 Å².